The van der Waals surface area contributed by atoms with Crippen LogP contribution in [0, 0.1) is 11.8 Å². The highest BCUT2D eigenvalue weighted by Crippen LogP contribution is 2.33. The summed E-state index contributed by atoms with van der Waals surface area (Å²) >= 11 is 0. The van der Waals surface area contributed by atoms with Gasteiger partial charge in [0.2, 0.25) is 6.29 Å². The van der Waals surface area contributed by atoms with Crippen LogP contribution >= 0.6 is 0 Å². The van der Waals surface area contributed by atoms with Crippen LogP contribution < -0.4 is 0 Å². The van der Waals surface area contributed by atoms with E-state index in [0.29, 0.717) is 0 Å². The lowest BCUT2D eigenvalue weighted by Crippen LogP contribution is -2.50. The van der Waals surface area contributed by atoms with Crippen molar-refractivity contribution in [3.63, 3.8) is 0 Å². The lowest BCUT2D eigenvalue weighted by atomic mass is 9.86. The molecule has 0 radical (unpaired) electrons. The minimum Gasteiger partial charge on any atom is -0.463 e. The Hall–Kier alpha value is -1.17. The molecule has 0 aromatic heterocycles. The fourth-order valence-electron chi connectivity index (χ4n) is 1.93. The van der Waals surface area contributed by atoms with Crippen LogP contribution in [-0.2, 0) is 23.8 Å². The second-order valence-corrected chi connectivity index (χ2v) is 4.85. The van der Waals surface area contributed by atoms with Gasteiger partial charge in [0.15, 0.2) is 0 Å². The molecular formula is C14H25FO5. The number of alkyl halides is 1. The Morgan fingerprint density at radius 3 is 2.35 bits per heavy atom. The molecule has 1 aliphatic heterocycles. The Bertz CT molecular complexity index is 334. The highest BCUT2D eigenvalue weighted by Gasteiger charge is 2.43. The average molecular weight is 292 g/mol. The molecule has 5 nitrogen and oxygen atoms in total. The molecule has 0 spiro atoms. The molecule has 0 aromatic carbocycles. The van der Waals surface area contributed by atoms with Crippen LogP contribution in [0.4, 0.5) is 4.39 Å². The molecule has 0 saturated carbocycles. The molecule has 5 atom stereocenters. The average Bonchev–Trinajstić information content (AvgIpc) is 2.37. The van der Waals surface area contributed by atoms with Crippen molar-refractivity contribution >= 4 is 11.9 Å². The van der Waals surface area contributed by atoms with Crippen molar-refractivity contribution in [2.24, 2.45) is 11.8 Å². The van der Waals surface area contributed by atoms with Crippen LogP contribution in [0.3, 0.4) is 0 Å². The van der Waals surface area contributed by atoms with Crippen molar-refractivity contribution in [3.8, 4) is 0 Å². The standard InChI is InChI=1S/C13H21FO5.CH4/c1-5-11(16)19-13-8(3)7(2)12(14)10(18-13)6-17-9(4)15;/h7-8,10,12-13H,5-6H2,1-4H3;1H4/t7-,8?,10?,12+,13?;/m1./s1. The molecule has 1 rings (SSSR count). The summed E-state index contributed by atoms with van der Waals surface area (Å²) in [6, 6.07) is 0. The Morgan fingerprint density at radius 1 is 1.25 bits per heavy atom. The van der Waals surface area contributed by atoms with Gasteiger partial charge in [-0.2, -0.15) is 0 Å². The normalized spacial score (nSPS) is 33.0. The van der Waals surface area contributed by atoms with Crippen LogP contribution in [0.5, 0.6) is 0 Å². The third-order valence-corrected chi connectivity index (χ3v) is 3.41. The number of carbonyl (C=O) groups excluding carboxylic acids is 2. The summed E-state index contributed by atoms with van der Waals surface area (Å²) in [5.74, 6) is -1.49. The van der Waals surface area contributed by atoms with E-state index in [0.717, 1.165) is 0 Å². The van der Waals surface area contributed by atoms with E-state index in [4.69, 9.17) is 14.2 Å². The van der Waals surface area contributed by atoms with Crippen LogP contribution in [-0.4, -0.2) is 37.1 Å². The second-order valence-electron chi connectivity index (χ2n) is 4.85. The van der Waals surface area contributed by atoms with Crippen molar-refractivity contribution in [2.45, 2.75) is 60.1 Å². The van der Waals surface area contributed by atoms with Crippen LogP contribution in [0.1, 0.15) is 41.5 Å². The van der Waals surface area contributed by atoms with Gasteiger partial charge >= 0.3 is 11.9 Å². The number of carbonyl (C=O) groups is 2. The van der Waals surface area contributed by atoms with Crippen molar-refractivity contribution in [1.29, 1.82) is 0 Å². The van der Waals surface area contributed by atoms with Gasteiger partial charge in [0.05, 0.1) is 0 Å². The molecule has 3 unspecified atom stereocenters. The molecule has 20 heavy (non-hydrogen) atoms. The third kappa shape index (κ3) is 4.74. The molecule has 6 heteroatoms. The highest BCUT2D eigenvalue weighted by molar-refractivity contribution is 5.69. The Labute approximate surface area is 119 Å². The molecule has 1 aliphatic rings. The van der Waals surface area contributed by atoms with Gasteiger partial charge in [0.25, 0.3) is 0 Å². The number of halogens is 1. The van der Waals surface area contributed by atoms with E-state index in [1.54, 1.807) is 20.8 Å². The summed E-state index contributed by atoms with van der Waals surface area (Å²) in [4.78, 5) is 22.1. The first-order valence-corrected chi connectivity index (χ1v) is 6.49. The van der Waals surface area contributed by atoms with E-state index in [1.165, 1.54) is 6.92 Å². The van der Waals surface area contributed by atoms with Gasteiger partial charge in [0.1, 0.15) is 18.9 Å². The molecular weight excluding hydrogens is 267 g/mol. The van der Waals surface area contributed by atoms with Crippen molar-refractivity contribution < 1.29 is 28.2 Å². The summed E-state index contributed by atoms with van der Waals surface area (Å²) in [7, 11) is 0. The maximum atomic E-state index is 14.1. The van der Waals surface area contributed by atoms with E-state index < -0.39 is 30.5 Å². The molecule has 0 N–H and O–H groups in total. The van der Waals surface area contributed by atoms with E-state index in [-0.39, 0.29) is 32.3 Å². The summed E-state index contributed by atoms with van der Waals surface area (Å²) in [5.41, 5.74) is 0. The first-order chi connectivity index (χ1) is 8.86. The summed E-state index contributed by atoms with van der Waals surface area (Å²) < 4.78 is 29.4. The SMILES string of the molecule is C.CCC(=O)OC1OC(COC(C)=O)[C@@H](F)[C@H](C)C1C. The van der Waals surface area contributed by atoms with Crippen LogP contribution in [0.2, 0.25) is 0 Å². The number of esters is 2. The molecule has 1 heterocycles. The van der Waals surface area contributed by atoms with Crippen molar-refractivity contribution in [1.82, 2.24) is 0 Å². The van der Waals surface area contributed by atoms with Gasteiger partial charge < -0.3 is 14.2 Å². The summed E-state index contributed by atoms with van der Waals surface area (Å²) in [6.07, 6.45) is -2.72. The predicted octanol–water partition coefficient (Wildman–Crippen LogP) is 2.47. The zero-order valence-corrected chi connectivity index (χ0v) is 11.7. The zero-order valence-electron chi connectivity index (χ0n) is 11.7. The zero-order chi connectivity index (χ0) is 14.6. The first kappa shape index (κ1) is 18.8. The van der Waals surface area contributed by atoms with Gasteiger partial charge in [-0.15, -0.1) is 0 Å². The van der Waals surface area contributed by atoms with Gasteiger partial charge in [-0.3, -0.25) is 9.59 Å². The summed E-state index contributed by atoms with van der Waals surface area (Å²) in [6.45, 7) is 6.25. The van der Waals surface area contributed by atoms with Crippen LogP contribution in [0.15, 0.2) is 0 Å². The maximum Gasteiger partial charge on any atom is 0.307 e. The van der Waals surface area contributed by atoms with Gasteiger partial charge in [-0.05, 0) is 5.92 Å². The lowest BCUT2D eigenvalue weighted by molar-refractivity contribution is -0.252. The number of ether oxygens (including phenoxy) is 3. The highest BCUT2D eigenvalue weighted by atomic mass is 19.1. The van der Waals surface area contributed by atoms with Gasteiger partial charge in [0, 0.05) is 19.3 Å². The fourth-order valence-corrected chi connectivity index (χ4v) is 1.93. The quantitative estimate of drug-likeness (QED) is 0.745. The van der Waals surface area contributed by atoms with E-state index >= 15 is 0 Å². The summed E-state index contributed by atoms with van der Waals surface area (Å²) in [5, 5.41) is 0. The largest absolute Gasteiger partial charge is 0.463 e. The van der Waals surface area contributed by atoms with Gasteiger partial charge in [-0.1, -0.05) is 28.2 Å². The minimum atomic E-state index is -1.26. The molecule has 1 fully saturated rings. The van der Waals surface area contributed by atoms with E-state index in [2.05, 4.69) is 0 Å². The number of hydrogen-bond donors (Lipinski definition) is 0. The molecule has 118 valence electrons. The Morgan fingerprint density at radius 2 is 1.85 bits per heavy atom. The Kier molecular flexibility index (Phi) is 7.71. The maximum absolute atomic E-state index is 14.1. The molecule has 0 aliphatic carbocycles. The Balaban J connectivity index is 0.00000361. The lowest BCUT2D eigenvalue weighted by Gasteiger charge is -2.40. The topological polar surface area (TPSA) is 61.8 Å². The van der Waals surface area contributed by atoms with E-state index in [1.807, 2.05) is 0 Å². The monoisotopic (exact) mass is 292 g/mol. The first-order valence-electron chi connectivity index (χ1n) is 6.49. The number of hydrogen-bond acceptors (Lipinski definition) is 5. The smallest absolute Gasteiger partial charge is 0.307 e. The fraction of sp³-hybridized carbons (Fsp3) is 0.857. The third-order valence-electron chi connectivity index (χ3n) is 3.41. The molecule has 0 bridgehead atoms. The number of rotatable bonds is 4. The molecule has 0 aromatic rings. The van der Waals surface area contributed by atoms with Crippen molar-refractivity contribution in [2.75, 3.05) is 6.61 Å². The molecule has 1 saturated heterocycles. The van der Waals surface area contributed by atoms with Crippen LogP contribution in [0.25, 0.3) is 0 Å². The molecule has 0 amide bonds. The second kappa shape index (κ2) is 8.19. The van der Waals surface area contributed by atoms with Gasteiger partial charge in [-0.25, -0.2) is 4.39 Å². The van der Waals surface area contributed by atoms with E-state index in [9.17, 15) is 14.0 Å². The minimum absolute atomic E-state index is 0. The predicted molar refractivity (Wildman–Crippen MR) is 71.6 cm³/mol. The van der Waals surface area contributed by atoms with Crippen molar-refractivity contribution in [3.05, 3.63) is 0 Å².